The largest absolute Gasteiger partial charge is 0.416 e. The van der Waals surface area contributed by atoms with Gasteiger partial charge in [-0.3, -0.25) is 4.79 Å². The molecule has 0 fully saturated rings. The van der Waals surface area contributed by atoms with Crippen molar-refractivity contribution in [1.82, 2.24) is 10.3 Å². The normalized spacial score (nSPS) is 13.2. The molecule has 0 aliphatic rings. The van der Waals surface area contributed by atoms with Crippen LogP contribution in [-0.2, 0) is 0 Å². The number of carbonyl (C=O) groups excluding carboxylic acids is 1. The first-order valence-electron chi connectivity index (χ1n) is 4.66. The number of nitrogen functional groups attached to an aromatic ring is 1. The summed E-state index contributed by atoms with van der Waals surface area (Å²) in [6.07, 6.45) is -6.25. The fourth-order valence-corrected chi connectivity index (χ4v) is 1.21. The maximum Gasteiger partial charge on any atom is 0.416 e. The number of pyridine rings is 1. The van der Waals surface area contributed by atoms with E-state index in [-0.39, 0.29) is 16.4 Å². The van der Waals surface area contributed by atoms with Crippen LogP contribution in [0.4, 0.5) is 18.9 Å². The fourth-order valence-electron chi connectivity index (χ4n) is 1.02. The molecule has 1 unspecified atom stereocenters. The highest BCUT2D eigenvalue weighted by atomic mass is 35.5. The number of rotatable bonds is 3. The van der Waals surface area contributed by atoms with Gasteiger partial charge >= 0.3 is 6.18 Å². The van der Waals surface area contributed by atoms with Gasteiger partial charge in [-0.25, -0.2) is 4.98 Å². The summed E-state index contributed by atoms with van der Waals surface area (Å²) in [4.78, 5) is 15.1. The van der Waals surface area contributed by atoms with E-state index in [1.807, 2.05) is 5.32 Å². The van der Waals surface area contributed by atoms with E-state index < -0.39 is 24.7 Å². The summed E-state index contributed by atoms with van der Waals surface area (Å²) < 4.78 is 36.0. The molecule has 0 aliphatic carbocycles. The molecule has 1 amide bonds. The molecule has 0 saturated heterocycles. The molecule has 0 saturated carbocycles. The van der Waals surface area contributed by atoms with Gasteiger partial charge in [0.25, 0.3) is 5.91 Å². The Balaban J connectivity index is 2.69. The predicted octanol–water partition coefficient (Wildman–Crippen LogP) is 0.970. The minimum atomic E-state index is -4.80. The molecule has 0 aliphatic heterocycles. The molecule has 1 rings (SSSR count). The number of nitrogens with two attached hydrogens (primary N) is 1. The van der Waals surface area contributed by atoms with Crippen molar-refractivity contribution in [1.29, 1.82) is 0 Å². The highest BCUT2D eigenvalue weighted by molar-refractivity contribution is 6.32. The number of halogens is 4. The molecule has 1 aromatic rings. The maximum atomic E-state index is 12.0. The van der Waals surface area contributed by atoms with Gasteiger partial charge in [0.1, 0.15) is 5.15 Å². The Morgan fingerprint density at radius 1 is 1.61 bits per heavy atom. The second-order valence-corrected chi connectivity index (χ2v) is 3.73. The number of aliphatic hydroxyl groups is 1. The molecular weight excluding hydrogens is 275 g/mol. The van der Waals surface area contributed by atoms with Crippen LogP contribution >= 0.6 is 11.6 Å². The van der Waals surface area contributed by atoms with Crippen LogP contribution in [0, 0.1) is 0 Å². The number of anilines is 1. The topological polar surface area (TPSA) is 88.2 Å². The third-order valence-corrected chi connectivity index (χ3v) is 2.24. The van der Waals surface area contributed by atoms with E-state index in [9.17, 15) is 18.0 Å². The highest BCUT2D eigenvalue weighted by Crippen LogP contribution is 2.20. The Morgan fingerprint density at radius 2 is 2.22 bits per heavy atom. The summed E-state index contributed by atoms with van der Waals surface area (Å²) in [6, 6.07) is 1.17. The van der Waals surface area contributed by atoms with E-state index in [2.05, 4.69) is 4.98 Å². The summed E-state index contributed by atoms with van der Waals surface area (Å²) in [6.45, 7) is -0.979. The van der Waals surface area contributed by atoms with Crippen molar-refractivity contribution in [2.45, 2.75) is 12.3 Å². The standard InChI is InChI=1S/C9H9ClF3N3O2/c10-7-5(1-4(14)2-15-7)8(18)16-3-6(17)9(11,12)13/h1-2,6,17H,3,14H2,(H,16,18). The monoisotopic (exact) mass is 283 g/mol. The molecule has 4 N–H and O–H groups in total. The zero-order valence-electron chi connectivity index (χ0n) is 8.83. The molecule has 0 bridgehead atoms. The molecule has 1 atom stereocenters. The lowest BCUT2D eigenvalue weighted by Crippen LogP contribution is -2.40. The Labute approximate surface area is 105 Å². The van der Waals surface area contributed by atoms with Gasteiger partial charge in [0.05, 0.1) is 24.0 Å². The molecule has 0 radical (unpaired) electrons. The number of nitrogens with zero attached hydrogens (tertiary/aromatic N) is 1. The zero-order chi connectivity index (χ0) is 13.9. The molecule has 0 spiro atoms. The molecule has 18 heavy (non-hydrogen) atoms. The number of hydrogen-bond acceptors (Lipinski definition) is 4. The van der Waals surface area contributed by atoms with E-state index >= 15 is 0 Å². The fraction of sp³-hybridized carbons (Fsp3) is 0.333. The predicted molar refractivity (Wildman–Crippen MR) is 58.1 cm³/mol. The van der Waals surface area contributed by atoms with Crippen LogP contribution in [0.2, 0.25) is 5.15 Å². The first-order chi connectivity index (χ1) is 8.21. The number of alkyl halides is 3. The summed E-state index contributed by atoms with van der Waals surface area (Å²) in [7, 11) is 0. The number of hydrogen-bond donors (Lipinski definition) is 3. The minimum absolute atomic E-state index is 0.140. The molecule has 100 valence electrons. The molecular formula is C9H9ClF3N3O2. The van der Waals surface area contributed by atoms with Crippen LogP contribution in [-0.4, -0.2) is 34.8 Å². The van der Waals surface area contributed by atoms with Gasteiger partial charge in [-0.1, -0.05) is 11.6 Å². The molecule has 9 heteroatoms. The van der Waals surface area contributed by atoms with Crippen molar-refractivity contribution in [3.63, 3.8) is 0 Å². The zero-order valence-corrected chi connectivity index (χ0v) is 9.59. The summed E-state index contributed by atoms with van der Waals surface area (Å²) in [5.74, 6) is -0.900. The third-order valence-electron chi connectivity index (χ3n) is 1.94. The highest BCUT2D eigenvalue weighted by Gasteiger charge is 2.38. The van der Waals surface area contributed by atoms with E-state index in [4.69, 9.17) is 22.4 Å². The lowest BCUT2D eigenvalue weighted by Gasteiger charge is -2.15. The van der Waals surface area contributed by atoms with Gasteiger partial charge in [0, 0.05) is 0 Å². The number of carbonyl (C=O) groups is 1. The average molecular weight is 284 g/mol. The van der Waals surface area contributed by atoms with Crippen LogP contribution < -0.4 is 11.1 Å². The van der Waals surface area contributed by atoms with Gasteiger partial charge in [-0.15, -0.1) is 0 Å². The average Bonchev–Trinajstić information content (AvgIpc) is 2.27. The Kier molecular flexibility index (Phi) is 4.36. The summed E-state index contributed by atoms with van der Waals surface area (Å²) in [5, 5.41) is 10.4. The van der Waals surface area contributed by atoms with Gasteiger partial charge in [0.15, 0.2) is 6.10 Å². The van der Waals surface area contributed by atoms with Gasteiger partial charge in [-0.05, 0) is 6.07 Å². The number of aliphatic hydroxyl groups excluding tert-OH is 1. The van der Waals surface area contributed by atoms with Crippen molar-refractivity contribution in [3.05, 3.63) is 23.0 Å². The van der Waals surface area contributed by atoms with E-state index in [1.165, 1.54) is 12.3 Å². The molecule has 5 nitrogen and oxygen atoms in total. The Bertz CT molecular complexity index is 453. The van der Waals surface area contributed by atoms with Crippen molar-refractivity contribution >= 4 is 23.2 Å². The number of aromatic nitrogens is 1. The summed E-state index contributed by atoms with van der Waals surface area (Å²) >= 11 is 5.58. The van der Waals surface area contributed by atoms with Gasteiger partial charge < -0.3 is 16.2 Å². The number of amides is 1. The van der Waals surface area contributed by atoms with Crippen molar-refractivity contribution in [2.24, 2.45) is 0 Å². The minimum Gasteiger partial charge on any atom is -0.397 e. The second-order valence-electron chi connectivity index (χ2n) is 3.37. The van der Waals surface area contributed by atoms with E-state index in [1.54, 1.807) is 0 Å². The third kappa shape index (κ3) is 3.74. The van der Waals surface area contributed by atoms with Crippen molar-refractivity contribution in [2.75, 3.05) is 12.3 Å². The molecule has 0 aromatic carbocycles. The van der Waals surface area contributed by atoms with Crippen LogP contribution in [0.1, 0.15) is 10.4 Å². The molecule has 1 aromatic heterocycles. The second kappa shape index (κ2) is 5.40. The lowest BCUT2D eigenvalue weighted by atomic mass is 10.2. The van der Waals surface area contributed by atoms with Gasteiger partial charge in [-0.2, -0.15) is 13.2 Å². The van der Waals surface area contributed by atoms with Crippen LogP contribution in [0.15, 0.2) is 12.3 Å². The first kappa shape index (κ1) is 14.5. The van der Waals surface area contributed by atoms with Crippen molar-refractivity contribution < 1.29 is 23.1 Å². The van der Waals surface area contributed by atoms with Crippen LogP contribution in [0.25, 0.3) is 0 Å². The quantitative estimate of drug-likeness (QED) is 0.721. The van der Waals surface area contributed by atoms with Crippen LogP contribution in [0.3, 0.4) is 0 Å². The molecule has 1 heterocycles. The first-order valence-corrected chi connectivity index (χ1v) is 5.03. The lowest BCUT2D eigenvalue weighted by molar-refractivity contribution is -0.201. The number of nitrogens with one attached hydrogen (secondary N) is 1. The smallest absolute Gasteiger partial charge is 0.397 e. The Morgan fingerprint density at radius 3 is 2.78 bits per heavy atom. The SMILES string of the molecule is Nc1cnc(Cl)c(C(=O)NCC(O)C(F)(F)F)c1. The maximum absolute atomic E-state index is 12.0. The van der Waals surface area contributed by atoms with E-state index in [0.29, 0.717) is 0 Å². The summed E-state index contributed by atoms with van der Waals surface area (Å²) in [5.41, 5.74) is 5.34. The van der Waals surface area contributed by atoms with Crippen LogP contribution in [0.5, 0.6) is 0 Å². The Hall–Kier alpha value is -1.54. The van der Waals surface area contributed by atoms with E-state index in [0.717, 1.165) is 0 Å². The van der Waals surface area contributed by atoms with Gasteiger partial charge in [0.2, 0.25) is 0 Å². The van der Waals surface area contributed by atoms with Crippen molar-refractivity contribution in [3.8, 4) is 0 Å².